The number of fused-ring (bicyclic) bond motifs is 1. The zero-order valence-electron chi connectivity index (χ0n) is 14.7. The monoisotopic (exact) mass is 461 g/mol. The van der Waals surface area contributed by atoms with Gasteiger partial charge < -0.3 is 5.32 Å². The van der Waals surface area contributed by atoms with Crippen molar-refractivity contribution in [3.63, 3.8) is 0 Å². The van der Waals surface area contributed by atoms with Crippen LogP contribution in [0.4, 0.5) is 0 Å². The van der Waals surface area contributed by atoms with Crippen LogP contribution in [0, 0.1) is 5.92 Å². The molecule has 1 saturated heterocycles. The van der Waals surface area contributed by atoms with Crippen molar-refractivity contribution in [2.45, 2.75) is 5.54 Å². The van der Waals surface area contributed by atoms with Crippen LogP contribution in [0.3, 0.4) is 0 Å². The van der Waals surface area contributed by atoms with E-state index >= 15 is 0 Å². The number of thioether (sulfide) groups is 1. The van der Waals surface area contributed by atoms with Crippen LogP contribution in [-0.4, -0.2) is 41.4 Å². The number of rotatable bonds is 4. The number of carbonyl (C=O) groups is 1. The van der Waals surface area contributed by atoms with Gasteiger partial charge in [-0.1, -0.05) is 36.0 Å². The second-order valence-electron chi connectivity index (χ2n) is 6.78. The topological polar surface area (TPSA) is 44.7 Å². The van der Waals surface area contributed by atoms with Crippen molar-refractivity contribution >= 4 is 50.1 Å². The summed E-state index contributed by atoms with van der Waals surface area (Å²) in [5, 5.41) is 5.85. The van der Waals surface area contributed by atoms with Crippen molar-refractivity contribution < 1.29 is 4.79 Å². The van der Waals surface area contributed by atoms with Gasteiger partial charge in [-0.05, 0) is 34.1 Å². The number of carbonyl (C=O) groups excluding carboxylic acids is 1. The van der Waals surface area contributed by atoms with Crippen molar-refractivity contribution in [1.29, 1.82) is 0 Å². The highest BCUT2D eigenvalue weighted by molar-refractivity contribution is 9.10. The maximum atomic E-state index is 12.6. The van der Waals surface area contributed by atoms with Crippen LogP contribution in [0.2, 0.25) is 0 Å². The molecule has 2 aliphatic heterocycles. The summed E-state index contributed by atoms with van der Waals surface area (Å²) in [5.74, 6) is 1.26. The summed E-state index contributed by atoms with van der Waals surface area (Å²) >= 11 is 6.96. The fourth-order valence-electron chi connectivity index (χ4n) is 3.73. The van der Waals surface area contributed by atoms with Crippen molar-refractivity contribution in [3.8, 4) is 0 Å². The van der Waals surface area contributed by atoms with Crippen LogP contribution >= 0.6 is 39.0 Å². The van der Waals surface area contributed by atoms with E-state index in [1.165, 1.54) is 4.88 Å². The molecule has 0 bridgehead atoms. The molecule has 4 nitrogen and oxygen atoms in total. The van der Waals surface area contributed by atoms with Gasteiger partial charge in [-0.15, -0.1) is 17.9 Å². The fourth-order valence-corrected chi connectivity index (χ4v) is 6.50. The molecule has 1 amide bonds. The van der Waals surface area contributed by atoms with Gasteiger partial charge in [-0.2, -0.15) is 0 Å². The maximum Gasteiger partial charge on any atom is 0.257 e. The minimum Gasteiger partial charge on any atom is -0.301 e. The molecule has 2 aliphatic rings. The molecule has 0 spiro atoms. The Bertz CT molecular complexity index is 882. The first-order chi connectivity index (χ1) is 13.1. The molecule has 27 heavy (non-hydrogen) atoms. The number of amidine groups is 1. The van der Waals surface area contributed by atoms with E-state index in [9.17, 15) is 4.79 Å². The molecule has 1 fully saturated rings. The number of benzene rings is 1. The SMILES string of the molecule is C=CCN1CC2CSC(NC(=O)c3ccccc3)=NC2(c2cc(Br)cs2)C1. The number of amides is 1. The first-order valence-corrected chi connectivity index (χ1v) is 11.4. The van der Waals surface area contributed by atoms with Crippen molar-refractivity contribution in [1.82, 2.24) is 10.2 Å². The molecule has 140 valence electrons. The lowest BCUT2D eigenvalue weighted by Crippen LogP contribution is -2.42. The molecular formula is C20H20BrN3OS2. The molecule has 2 aromatic rings. The highest BCUT2D eigenvalue weighted by atomic mass is 79.9. The standard InChI is InChI=1S/C20H20BrN3OS2/c1-2-8-24-10-15-11-27-19(22-18(25)14-6-4-3-5-7-14)23-20(15,13-24)17-9-16(21)12-26-17/h2-7,9,12,15H,1,8,10-11,13H2,(H,22,23,25). The fraction of sp³-hybridized carbons (Fsp3) is 0.300. The van der Waals surface area contributed by atoms with Gasteiger partial charge in [0, 0.05) is 51.6 Å². The van der Waals surface area contributed by atoms with E-state index < -0.39 is 0 Å². The Morgan fingerprint density at radius 3 is 2.96 bits per heavy atom. The average molecular weight is 462 g/mol. The van der Waals surface area contributed by atoms with E-state index in [1.807, 2.05) is 36.4 Å². The van der Waals surface area contributed by atoms with Crippen LogP contribution in [0.1, 0.15) is 15.2 Å². The normalized spacial score (nSPS) is 24.9. The van der Waals surface area contributed by atoms with Gasteiger partial charge in [0.1, 0.15) is 5.54 Å². The number of nitrogens with one attached hydrogen (secondary N) is 1. The lowest BCUT2D eigenvalue weighted by molar-refractivity contribution is 0.0977. The molecule has 3 heterocycles. The van der Waals surface area contributed by atoms with E-state index in [0.29, 0.717) is 16.6 Å². The number of hydrogen-bond donors (Lipinski definition) is 1. The number of hydrogen-bond acceptors (Lipinski definition) is 5. The van der Waals surface area contributed by atoms with Crippen molar-refractivity contribution in [2.75, 3.05) is 25.4 Å². The Morgan fingerprint density at radius 1 is 1.44 bits per heavy atom. The van der Waals surface area contributed by atoms with E-state index in [1.54, 1.807) is 23.1 Å². The van der Waals surface area contributed by atoms with Gasteiger partial charge in [-0.3, -0.25) is 9.69 Å². The Hall–Kier alpha value is -1.41. The van der Waals surface area contributed by atoms with Crippen LogP contribution in [0.25, 0.3) is 0 Å². The largest absolute Gasteiger partial charge is 0.301 e. The molecule has 1 aromatic carbocycles. The predicted octanol–water partition coefficient (Wildman–Crippen LogP) is 4.36. The first-order valence-electron chi connectivity index (χ1n) is 8.77. The minimum atomic E-state index is -0.301. The third kappa shape index (κ3) is 3.78. The molecule has 4 rings (SSSR count). The van der Waals surface area contributed by atoms with Crippen LogP contribution < -0.4 is 5.32 Å². The van der Waals surface area contributed by atoms with E-state index in [4.69, 9.17) is 4.99 Å². The molecule has 1 N–H and O–H groups in total. The van der Waals surface area contributed by atoms with Crippen LogP contribution in [-0.2, 0) is 5.54 Å². The highest BCUT2D eigenvalue weighted by Crippen LogP contribution is 2.48. The van der Waals surface area contributed by atoms with Gasteiger partial charge in [0.2, 0.25) is 0 Å². The molecule has 2 atom stereocenters. The number of nitrogens with zero attached hydrogens (tertiary/aromatic N) is 2. The van der Waals surface area contributed by atoms with Gasteiger partial charge in [0.05, 0.1) is 0 Å². The molecule has 2 unspecified atom stereocenters. The lowest BCUT2D eigenvalue weighted by Gasteiger charge is -2.34. The van der Waals surface area contributed by atoms with Crippen molar-refractivity contribution in [3.05, 3.63) is 69.3 Å². The summed E-state index contributed by atoms with van der Waals surface area (Å²) in [6.45, 7) is 6.59. The Morgan fingerprint density at radius 2 is 2.26 bits per heavy atom. The van der Waals surface area contributed by atoms with Crippen LogP contribution in [0.5, 0.6) is 0 Å². The Labute approximate surface area is 175 Å². The Balaban J connectivity index is 1.65. The number of halogens is 1. The number of thiophene rings is 1. The van der Waals surface area contributed by atoms with Gasteiger partial charge in [-0.25, -0.2) is 4.99 Å². The molecule has 7 heteroatoms. The zero-order valence-corrected chi connectivity index (χ0v) is 17.9. The number of aliphatic imine (C=N–C) groups is 1. The average Bonchev–Trinajstić information content (AvgIpc) is 3.26. The summed E-state index contributed by atoms with van der Waals surface area (Å²) in [4.78, 5) is 21.3. The predicted molar refractivity (Wildman–Crippen MR) is 118 cm³/mol. The lowest BCUT2D eigenvalue weighted by atomic mass is 9.87. The number of likely N-dealkylation sites (tertiary alicyclic amines) is 1. The molecule has 1 aromatic heterocycles. The first kappa shape index (κ1) is 18.9. The summed E-state index contributed by atoms with van der Waals surface area (Å²) in [7, 11) is 0. The molecule has 0 aliphatic carbocycles. The molecular weight excluding hydrogens is 442 g/mol. The maximum absolute atomic E-state index is 12.6. The summed E-state index contributed by atoms with van der Waals surface area (Å²) in [5.41, 5.74) is 0.347. The highest BCUT2D eigenvalue weighted by Gasteiger charge is 2.50. The summed E-state index contributed by atoms with van der Waals surface area (Å²) in [6, 6.07) is 11.5. The van der Waals surface area contributed by atoms with Gasteiger partial charge >= 0.3 is 0 Å². The van der Waals surface area contributed by atoms with Gasteiger partial charge in [0.15, 0.2) is 5.17 Å². The smallest absolute Gasteiger partial charge is 0.257 e. The summed E-state index contributed by atoms with van der Waals surface area (Å²) < 4.78 is 1.08. The van der Waals surface area contributed by atoms with Crippen LogP contribution in [0.15, 0.2) is 63.9 Å². The quantitative estimate of drug-likeness (QED) is 0.687. The molecule has 0 saturated carbocycles. The zero-order chi connectivity index (χ0) is 18.9. The Kier molecular flexibility index (Phi) is 5.55. The second kappa shape index (κ2) is 7.91. The minimum absolute atomic E-state index is 0.108. The van der Waals surface area contributed by atoms with Crippen molar-refractivity contribution in [2.24, 2.45) is 10.9 Å². The second-order valence-corrected chi connectivity index (χ2v) is 9.62. The molecule has 0 radical (unpaired) electrons. The van der Waals surface area contributed by atoms with E-state index in [0.717, 1.165) is 29.9 Å². The summed E-state index contributed by atoms with van der Waals surface area (Å²) in [6.07, 6.45) is 1.95. The third-order valence-corrected chi connectivity index (χ3v) is 7.87. The van der Waals surface area contributed by atoms with E-state index in [-0.39, 0.29) is 11.4 Å². The van der Waals surface area contributed by atoms with Gasteiger partial charge in [0.25, 0.3) is 5.91 Å². The van der Waals surface area contributed by atoms with E-state index in [2.05, 4.69) is 44.2 Å². The third-order valence-electron chi connectivity index (χ3n) is 4.98.